The Morgan fingerprint density at radius 1 is 1.04 bits per heavy atom. The summed E-state index contributed by atoms with van der Waals surface area (Å²) in [5, 5.41) is 5.83. The Bertz CT molecular complexity index is 733. The first-order valence-electron chi connectivity index (χ1n) is 7.28. The Hall–Kier alpha value is -2.33. The van der Waals surface area contributed by atoms with E-state index in [2.05, 4.69) is 10.6 Å². The standard InChI is InChI=1S/C18H19ClN2O2/c1-11-5-4-6-14(8-11)18(23)20-10-16(22)21-17-13(3)7-12(2)9-15(17)19/h4-9H,10H2,1-3H3,(H,20,23)(H,21,22). The Morgan fingerprint density at radius 2 is 1.78 bits per heavy atom. The molecule has 0 atom stereocenters. The van der Waals surface area contributed by atoms with E-state index in [1.807, 2.05) is 32.9 Å². The van der Waals surface area contributed by atoms with Gasteiger partial charge in [-0.25, -0.2) is 0 Å². The van der Waals surface area contributed by atoms with E-state index in [0.717, 1.165) is 16.7 Å². The molecule has 0 radical (unpaired) electrons. The van der Waals surface area contributed by atoms with Gasteiger partial charge in [0.2, 0.25) is 5.91 Å². The van der Waals surface area contributed by atoms with Crippen molar-refractivity contribution in [3.05, 3.63) is 63.7 Å². The minimum Gasteiger partial charge on any atom is -0.343 e. The monoisotopic (exact) mass is 330 g/mol. The third kappa shape index (κ3) is 4.57. The molecule has 5 heteroatoms. The van der Waals surface area contributed by atoms with Crippen LogP contribution < -0.4 is 10.6 Å². The van der Waals surface area contributed by atoms with Gasteiger partial charge in [0.05, 0.1) is 17.3 Å². The van der Waals surface area contributed by atoms with E-state index in [-0.39, 0.29) is 18.4 Å². The number of carbonyl (C=O) groups excluding carboxylic acids is 2. The lowest BCUT2D eigenvalue weighted by molar-refractivity contribution is -0.115. The van der Waals surface area contributed by atoms with Crippen molar-refractivity contribution in [1.82, 2.24) is 5.32 Å². The zero-order chi connectivity index (χ0) is 17.0. The van der Waals surface area contributed by atoms with Gasteiger partial charge in [0.1, 0.15) is 0 Å². The molecule has 4 nitrogen and oxygen atoms in total. The number of nitrogens with one attached hydrogen (secondary N) is 2. The smallest absolute Gasteiger partial charge is 0.251 e. The SMILES string of the molecule is Cc1cccc(C(=O)NCC(=O)Nc2c(C)cc(C)cc2Cl)c1. The minimum absolute atomic E-state index is 0.115. The van der Waals surface area contributed by atoms with Crippen LogP contribution in [0.4, 0.5) is 5.69 Å². The molecule has 0 saturated heterocycles. The lowest BCUT2D eigenvalue weighted by Gasteiger charge is -2.12. The van der Waals surface area contributed by atoms with E-state index in [4.69, 9.17) is 11.6 Å². The normalized spacial score (nSPS) is 10.3. The summed E-state index contributed by atoms with van der Waals surface area (Å²) in [4.78, 5) is 24.0. The highest BCUT2D eigenvalue weighted by atomic mass is 35.5. The zero-order valence-corrected chi connectivity index (χ0v) is 14.1. The number of amides is 2. The fourth-order valence-electron chi connectivity index (χ4n) is 2.31. The minimum atomic E-state index is -0.320. The maximum absolute atomic E-state index is 12.0. The van der Waals surface area contributed by atoms with Gasteiger partial charge >= 0.3 is 0 Å². The molecule has 0 aromatic heterocycles. The fraction of sp³-hybridized carbons (Fsp3) is 0.222. The second kappa shape index (κ2) is 7.29. The van der Waals surface area contributed by atoms with Crippen LogP contribution in [0.25, 0.3) is 0 Å². The Balaban J connectivity index is 1.97. The number of hydrogen-bond acceptors (Lipinski definition) is 2. The molecule has 0 spiro atoms. The third-order valence-electron chi connectivity index (χ3n) is 3.39. The highest BCUT2D eigenvalue weighted by Gasteiger charge is 2.11. The molecule has 0 heterocycles. The van der Waals surface area contributed by atoms with Gasteiger partial charge < -0.3 is 10.6 Å². The summed E-state index contributed by atoms with van der Waals surface area (Å²) >= 11 is 6.15. The first-order valence-corrected chi connectivity index (χ1v) is 7.66. The summed E-state index contributed by atoms with van der Waals surface area (Å²) in [6.07, 6.45) is 0. The molecule has 0 unspecified atom stereocenters. The van der Waals surface area contributed by atoms with Crippen molar-refractivity contribution in [2.24, 2.45) is 0 Å². The predicted octanol–water partition coefficient (Wildman–Crippen LogP) is 3.63. The van der Waals surface area contributed by atoms with E-state index in [1.54, 1.807) is 24.3 Å². The van der Waals surface area contributed by atoms with Gasteiger partial charge in [-0.05, 0) is 50.1 Å². The summed E-state index contributed by atoms with van der Waals surface area (Å²) in [6, 6.07) is 10.9. The van der Waals surface area contributed by atoms with Crippen molar-refractivity contribution < 1.29 is 9.59 Å². The molecule has 0 fully saturated rings. The maximum atomic E-state index is 12.0. The summed E-state index contributed by atoms with van der Waals surface area (Å²) in [5.74, 6) is -0.601. The number of carbonyl (C=O) groups is 2. The quantitative estimate of drug-likeness (QED) is 0.899. The van der Waals surface area contributed by atoms with Gasteiger partial charge in [0.15, 0.2) is 0 Å². The van der Waals surface area contributed by atoms with Gasteiger partial charge in [-0.2, -0.15) is 0 Å². The highest BCUT2D eigenvalue weighted by molar-refractivity contribution is 6.34. The van der Waals surface area contributed by atoms with E-state index < -0.39 is 0 Å². The molecule has 0 aliphatic rings. The molecule has 0 aliphatic carbocycles. The van der Waals surface area contributed by atoms with E-state index in [9.17, 15) is 9.59 Å². The van der Waals surface area contributed by atoms with Crippen molar-refractivity contribution in [3.63, 3.8) is 0 Å². The number of halogens is 1. The number of benzene rings is 2. The number of rotatable bonds is 4. The third-order valence-corrected chi connectivity index (χ3v) is 3.68. The van der Waals surface area contributed by atoms with E-state index in [0.29, 0.717) is 16.3 Å². The average molecular weight is 331 g/mol. The topological polar surface area (TPSA) is 58.2 Å². The molecule has 0 saturated carbocycles. The van der Waals surface area contributed by atoms with Crippen molar-refractivity contribution in [2.75, 3.05) is 11.9 Å². The Morgan fingerprint density at radius 3 is 2.43 bits per heavy atom. The van der Waals surface area contributed by atoms with E-state index >= 15 is 0 Å². The van der Waals surface area contributed by atoms with Crippen molar-refractivity contribution in [2.45, 2.75) is 20.8 Å². The van der Waals surface area contributed by atoms with Gasteiger partial charge in [0, 0.05) is 5.56 Å². The molecule has 2 aromatic carbocycles. The second-order valence-corrected chi connectivity index (χ2v) is 5.95. The largest absolute Gasteiger partial charge is 0.343 e. The summed E-state index contributed by atoms with van der Waals surface area (Å²) in [6.45, 7) is 5.61. The van der Waals surface area contributed by atoms with Crippen LogP contribution in [0, 0.1) is 20.8 Å². The zero-order valence-electron chi connectivity index (χ0n) is 13.4. The highest BCUT2D eigenvalue weighted by Crippen LogP contribution is 2.27. The number of hydrogen-bond donors (Lipinski definition) is 2. The lowest BCUT2D eigenvalue weighted by atomic mass is 10.1. The van der Waals surface area contributed by atoms with Gasteiger partial charge in [-0.1, -0.05) is 35.4 Å². The molecule has 2 aromatic rings. The molecule has 0 aliphatic heterocycles. The van der Waals surface area contributed by atoms with Crippen LogP contribution in [0.5, 0.6) is 0 Å². The van der Waals surface area contributed by atoms with Crippen LogP contribution in [0.3, 0.4) is 0 Å². The number of anilines is 1. The van der Waals surface area contributed by atoms with E-state index in [1.165, 1.54) is 0 Å². The van der Waals surface area contributed by atoms with Crippen LogP contribution >= 0.6 is 11.6 Å². The molecule has 23 heavy (non-hydrogen) atoms. The predicted molar refractivity (Wildman–Crippen MR) is 93.1 cm³/mol. The summed E-state index contributed by atoms with van der Waals surface area (Å²) < 4.78 is 0. The number of aryl methyl sites for hydroxylation is 3. The molecule has 2 amide bonds. The van der Waals surface area contributed by atoms with Crippen molar-refractivity contribution >= 4 is 29.1 Å². The fourth-order valence-corrected chi connectivity index (χ4v) is 2.67. The van der Waals surface area contributed by atoms with Crippen molar-refractivity contribution in [3.8, 4) is 0 Å². The molecule has 0 bridgehead atoms. The average Bonchev–Trinajstić information content (AvgIpc) is 2.48. The second-order valence-electron chi connectivity index (χ2n) is 5.54. The Kier molecular flexibility index (Phi) is 5.40. The lowest BCUT2D eigenvalue weighted by Crippen LogP contribution is -2.33. The van der Waals surface area contributed by atoms with Crippen LogP contribution in [-0.2, 0) is 4.79 Å². The van der Waals surface area contributed by atoms with Gasteiger partial charge in [0.25, 0.3) is 5.91 Å². The summed E-state index contributed by atoms with van der Waals surface area (Å²) in [5.41, 5.74) is 4.00. The van der Waals surface area contributed by atoms with Crippen LogP contribution in [0.2, 0.25) is 5.02 Å². The molecule has 2 N–H and O–H groups in total. The molecular weight excluding hydrogens is 312 g/mol. The molecular formula is C18H19ClN2O2. The van der Waals surface area contributed by atoms with Crippen LogP contribution in [-0.4, -0.2) is 18.4 Å². The first-order chi connectivity index (χ1) is 10.9. The van der Waals surface area contributed by atoms with Crippen molar-refractivity contribution in [1.29, 1.82) is 0 Å². The van der Waals surface area contributed by atoms with Gasteiger partial charge in [-0.15, -0.1) is 0 Å². The molecule has 120 valence electrons. The summed E-state index contributed by atoms with van der Waals surface area (Å²) in [7, 11) is 0. The maximum Gasteiger partial charge on any atom is 0.251 e. The van der Waals surface area contributed by atoms with Crippen LogP contribution in [0.1, 0.15) is 27.0 Å². The van der Waals surface area contributed by atoms with Gasteiger partial charge in [-0.3, -0.25) is 9.59 Å². The molecule has 2 rings (SSSR count). The first kappa shape index (κ1) is 17.0. The van der Waals surface area contributed by atoms with Crippen LogP contribution in [0.15, 0.2) is 36.4 Å². The Labute approximate surface area is 140 Å².